The lowest BCUT2D eigenvalue weighted by atomic mass is 10.0. The summed E-state index contributed by atoms with van der Waals surface area (Å²) in [6, 6.07) is 17.1. The van der Waals surface area contributed by atoms with E-state index in [1.807, 2.05) is 6.07 Å². The van der Waals surface area contributed by atoms with Gasteiger partial charge in [-0.1, -0.05) is 54.1 Å². The average molecular weight is 396 g/mol. The lowest BCUT2D eigenvalue weighted by molar-refractivity contribution is -0.125. The molecule has 5 heteroatoms. The molecule has 5 nitrogen and oxygen atoms in total. The van der Waals surface area contributed by atoms with Gasteiger partial charge in [-0.2, -0.15) is 0 Å². The molecule has 0 saturated carbocycles. The van der Waals surface area contributed by atoms with Gasteiger partial charge < -0.3 is 15.4 Å². The highest BCUT2D eigenvalue weighted by atomic mass is 16.5. The number of hydrogen-bond donors (Lipinski definition) is 2. The molecule has 1 heterocycles. The van der Waals surface area contributed by atoms with Crippen LogP contribution in [-0.4, -0.2) is 49.7 Å². The van der Waals surface area contributed by atoms with Crippen molar-refractivity contribution in [2.45, 2.75) is 45.4 Å². The Morgan fingerprint density at radius 2 is 1.97 bits per heavy atom. The summed E-state index contributed by atoms with van der Waals surface area (Å²) in [5.41, 5.74) is 5.14. The summed E-state index contributed by atoms with van der Waals surface area (Å²) in [7, 11) is 1.65. The monoisotopic (exact) mass is 395 g/mol. The third-order valence-electron chi connectivity index (χ3n) is 5.63. The van der Waals surface area contributed by atoms with Crippen molar-refractivity contribution in [1.82, 2.24) is 15.5 Å². The van der Waals surface area contributed by atoms with Crippen molar-refractivity contribution >= 4 is 5.91 Å². The van der Waals surface area contributed by atoms with Crippen molar-refractivity contribution in [3.8, 4) is 0 Å². The Kier molecular flexibility index (Phi) is 7.81. The first-order valence-corrected chi connectivity index (χ1v) is 10.4. The van der Waals surface area contributed by atoms with Crippen molar-refractivity contribution < 1.29 is 9.53 Å². The minimum atomic E-state index is -0.122. The lowest BCUT2D eigenvalue weighted by Gasteiger charge is -2.23. The summed E-state index contributed by atoms with van der Waals surface area (Å²) in [6.07, 6.45) is 0.816. The third kappa shape index (κ3) is 6.13. The van der Waals surface area contributed by atoms with Crippen LogP contribution in [0.3, 0.4) is 0 Å². The number of benzene rings is 2. The summed E-state index contributed by atoms with van der Waals surface area (Å²) in [5, 5.41) is 6.71. The number of nitrogens with zero attached hydrogens (tertiary/aromatic N) is 1. The summed E-state index contributed by atoms with van der Waals surface area (Å²) >= 11 is 0. The molecule has 156 valence electrons. The average Bonchev–Trinajstić information content (AvgIpc) is 3.12. The maximum absolute atomic E-state index is 12.8. The van der Waals surface area contributed by atoms with Crippen molar-refractivity contribution in [2.24, 2.45) is 0 Å². The largest absolute Gasteiger partial charge is 0.383 e. The van der Waals surface area contributed by atoms with Crippen LogP contribution in [0.5, 0.6) is 0 Å². The summed E-state index contributed by atoms with van der Waals surface area (Å²) in [4.78, 5) is 15.1. The predicted molar refractivity (Wildman–Crippen MR) is 117 cm³/mol. The second kappa shape index (κ2) is 10.5. The first-order valence-electron chi connectivity index (χ1n) is 10.4. The van der Waals surface area contributed by atoms with Gasteiger partial charge in [0.1, 0.15) is 0 Å². The van der Waals surface area contributed by atoms with E-state index < -0.39 is 0 Å². The molecule has 1 saturated heterocycles. The first-order chi connectivity index (χ1) is 14.1. The highest BCUT2D eigenvalue weighted by Crippen LogP contribution is 2.22. The Labute approximate surface area is 174 Å². The van der Waals surface area contributed by atoms with Crippen LogP contribution in [0.2, 0.25) is 0 Å². The van der Waals surface area contributed by atoms with Crippen LogP contribution < -0.4 is 10.6 Å². The molecule has 0 unspecified atom stereocenters. The molecule has 1 fully saturated rings. The van der Waals surface area contributed by atoms with Gasteiger partial charge in [0.25, 0.3) is 0 Å². The number of methoxy groups -OCH3 is 1. The van der Waals surface area contributed by atoms with E-state index in [4.69, 9.17) is 4.74 Å². The Bertz CT molecular complexity index is 794. The quantitative estimate of drug-likeness (QED) is 0.641. The van der Waals surface area contributed by atoms with Crippen molar-refractivity contribution in [2.75, 3.05) is 26.8 Å². The van der Waals surface area contributed by atoms with Gasteiger partial charge in [0.15, 0.2) is 0 Å². The van der Waals surface area contributed by atoms with E-state index in [2.05, 4.69) is 71.8 Å². The van der Waals surface area contributed by atoms with Gasteiger partial charge in [-0.05, 0) is 37.0 Å². The first kappa shape index (κ1) is 21.5. The molecule has 29 heavy (non-hydrogen) atoms. The highest BCUT2D eigenvalue weighted by Gasteiger charge is 2.36. The van der Waals surface area contributed by atoms with E-state index in [9.17, 15) is 4.79 Å². The van der Waals surface area contributed by atoms with Gasteiger partial charge in [-0.3, -0.25) is 9.69 Å². The van der Waals surface area contributed by atoms with E-state index in [1.165, 1.54) is 22.3 Å². The van der Waals surface area contributed by atoms with Crippen LogP contribution in [0.4, 0.5) is 0 Å². The molecule has 2 aromatic rings. The van der Waals surface area contributed by atoms with Crippen LogP contribution in [0, 0.1) is 13.8 Å². The maximum Gasteiger partial charge on any atom is 0.237 e. The minimum absolute atomic E-state index is 0.0917. The summed E-state index contributed by atoms with van der Waals surface area (Å²) < 4.78 is 5.07. The molecule has 0 aromatic heterocycles. The molecule has 2 N–H and O–H groups in total. The van der Waals surface area contributed by atoms with Crippen molar-refractivity contribution in [1.29, 1.82) is 0 Å². The van der Waals surface area contributed by atoms with Gasteiger partial charge >= 0.3 is 0 Å². The van der Waals surface area contributed by atoms with Gasteiger partial charge in [-0.25, -0.2) is 0 Å². The maximum atomic E-state index is 12.8. The molecular formula is C24H33N3O2. The molecule has 2 atom stereocenters. The molecule has 1 amide bonds. The third-order valence-corrected chi connectivity index (χ3v) is 5.63. The fourth-order valence-corrected chi connectivity index (χ4v) is 3.96. The molecule has 0 aliphatic carbocycles. The fraction of sp³-hybridized carbons (Fsp3) is 0.458. The SMILES string of the molecule is COCCNC(=O)[C@@H]1C[C@@H](NCc2cc(C)ccc2C)CN1Cc1ccccc1. The Morgan fingerprint density at radius 3 is 2.72 bits per heavy atom. The Hall–Kier alpha value is -2.21. The molecule has 3 rings (SSSR count). The van der Waals surface area contributed by atoms with E-state index >= 15 is 0 Å². The zero-order chi connectivity index (χ0) is 20.6. The van der Waals surface area contributed by atoms with Gasteiger partial charge in [0, 0.05) is 39.3 Å². The zero-order valence-corrected chi connectivity index (χ0v) is 17.8. The Balaban J connectivity index is 1.64. The fourth-order valence-electron chi connectivity index (χ4n) is 3.96. The number of nitrogens with one attached hydrogen (secondary N) is 2. The van der Waals surface area contributed by atoms with Crippen LogP contribution in [0.25, 0.3) is 0 Å². The number of ether oxygens (including phenoxy) is 1. The van der Waals surface area contributed by atoms with Gasteiger partial charge in [0.2, 0.25) is 5.91 Å². The van der Waals surface area contributed by atoms with Gasteiger partial charge in [0.05, 0.1) is 12.6 Å². The van der Waals surface area contributed by atoms with Crippen LogP contribution in [-0.2, 0) is 22.6 Å². The molecule has 2 aromatic carbocycles. The van der Waals surface area contributed by atoms with Gasteiger partial charge in [-0.15, -0.1) is 0 Å². The number of rotatable bonds is 9. The number of aryl methyl sites for hydroxylation is 2. The van der Waals surface area contributed by atoms with Crippen molar-refractivity contribution in [3.05, 3.63) is 70.8 Å². The Morgan fingerprint density at radius 1 is 1.17 bits per heavy atom. The highest BCUT2D eigenvalue weighted by molar-refractivity contribution is 5.82. The van der Waals surface area contributed by atoms with Crippen LogP contribution in [0.1, 0.15) is 28.7 Å². The lowest BCUT2D eigenvalue weighted by Crippen LogP contribution is -2.43. The number of carbonyl (C=O) groups is 1. The second-order valence-corrected chi connectivity index (χ2v) is 7.96. The van der Waals surface area contributed by atoms with Crippen LogP contribution >= 0.6 is 0 Å². The molecule has 1 aliphatic rings. The molecule has 1 aliphatic heterocycles. The van der Waals surface area contributed by atoms with Crippen LogP contribution in [0.15, 0.2) is 48.5 Å². The second-order valence-electron chi connectivity index (χ2n) is 7.96. The molecule has 0 bridgehead atoms. The van der Waals surface area contributed by atoms with E-state index in [0.29, 0.717) is 13.2 Å². The van der Waals surface area contributed by atoms with E-state index in [1.54, 1.807) is 7.11 Å². The normalized spacial score (nSPS) is 19.4. The zero-order valence-electron chi connectivity index (χ0n) is 17.8. The predicted octanol–water partition coefficient (Wildman–Crippen LogP) is 2.80. The topological polar surface area (TPSA) is 53.6 Å². The summed E-state index contributed by atoms with van der Waals surface area (Å²) in [6.45, 7) is 7.83. The number of likely N-dealkylation sites (tertiary alicyclic amines) is 1. The standard InChI is InChI=1S/C24H33N3O2/c1-18-9-10-19(2)21(13-18)15-26-22-14-23(24(28)25-11-12-29-3)27(17-22)16-20-7-5-4-6-8-20/h4-10,13,22-23,26H,11-12,14-17H2,1-3H3,(H,25,28)/t22-,23+/m1/s1. The van der Waals surface area contributed by atoms with E-state index in [0.717, 1.165) is 26.1 Å². The van der Waals surface area contributed by atoms with Crippen molar-refractivity contribution in [3.63, 3.8) is 0 Å². The number of amides is 1. The number of carbonyl (C=O) groups excluding carboxylic acids is 1. The summed E-state index contributed by atoms with van der Waals surface area (Å²) in [5.74, 6) is 0.0917. The molecule has 0 spiro atoms. The molecule has 0 radical (unpaired) electrons. The van der Waals surface area contributed by atoms with E-state index in [-0.39, 0.29) is 18.0 Å². The number of hydrogen-bond acceptors (Lipinski definition) is 4. The molecular weight excluding hydrogens is 362 g/mol. The smallest absolute Gasteiger partial charge is 0.237 e. The minimum Gasteiger partial charge on any atom is -0.383 e.